The van der Waals surface area contributed by atoms with Crippen molar-refractivity contribution in [2.24, 2.45) is 0 Å². The van der Waals surface area contributed by atoms with Crippen LogP contribution in [-0.4, -0.2) is 31.6 Å². The molecule has 2 nitrogen and oxygen atoms in total. The highest BCUT2D eigenvalue weighted by Gasteiger charge is 2.20. The Hall–Kier alpha value is -0.770. The van der Waals surface area contributed by atoms with Gasteiger partial charge < -0.3 is 10.1 Å². The normalized spacial score (nSPS) is 18.0. The zero-order chi connectivity index (χ0) is 11.9. The Morgan fingerprint density at radius 2 is 2.35 bits per heavy atom. The zero-order valence-corrected chi connectivity index (χ0v) is 10.8. The van der Waals surface area contributed by atoms with Crippen LogP contribution in [0.15, 0.2) is 41.8 Å². The fraction of sp³-hybridized carbons (Fsp3) is 0.429. The van der Waals surface area contributed by atoms with Crippen molar-refractivity contribution in [3.63, 3.8) is 0 Å². The summed E-state index contributed by atoms with van der Waals surface area (Å²) < 4.78 is 5.32. The van der Waals surface area contributed by atoms with Gasteiger partial charge in [0.2, 0.25) is 0 Å². The molecule has 1 aliphatic heterocycles. The summed E-state index contributed by atoms with van der Waals surface area (Å²) >= 11 is 1.98. The van der Waals surface area contributed by atoms with E-state index in [2.05, 4.69) is 36.2 Å². The van der Waals surface area contributed by atoms with Crippen molar-refractivity contribution in [1.29, 1.82) is 0 Å². The lowest BCUT2D eigenvalue weighted by Gasteiger charge is -2.09. The predicted molar refractivity (Wildman–Crippen MR) is 73.7 cm³/mol. The number of benzene rings is 1. The van der Waals surface area contributed by atoms with Gasteiger partial charge in [-0.25, -0.2) is 0 Å². The molecule has 92 valence electrons. The molecule has 1 atom stereocenters. The van der Waals surface area contributed by atoms with Crippen LogP contribution in [0.1, 0.15) is 5.56 Å². The second-order valence-electron chi connectivity index (χ2n) is 4.12. The molecule has 0 fully saturated rings. The summed E-state index contributed by atoms with van der Waals surface area (Å²) in [6, 6.07) is 8.69. The fourth-order valence-corrected chi connectivity index (χ4v) is 3.22. The van der Waals surface area contributed by atoms with E-state index < -0.39 is 0 Å². The molecular weight excluding hydrogens is 230 g/mol. The number of thioether (sulfide) groups is 1. The quantitative estimate of drug-likeness (QED) is 0.592. The number of hydrogen-bond acceptors (Lipinski definition) is 3. The maximum absolute atomic E-state index is 5.32. The van der Waals surface area contributed by atoms with Crippen molar-refractivity contribution in [2.75, 3.05) is 26.3 Å². The lowest BCUT2D eigenvalue weighted by atomic mass is 10.1. The lowest BCUT2D eigenvalue weighted by molar-refractivity contribution is 0.164. The van der Waals surface area contributed by atoms with E-state index in [0.717, 1.165) is 19.7 Å². The van der Waals surface area contributed by atoms with Crippen molar-refractivity contribution >= 4 is 11.8 Å². The Kier molecular flexibility index (Phi) is 5.10. The summed E-state index contributed by atoms with van der Waals surface area (Å²) in [5, 5.41) is 4.11. The number of ether oxygens (including phenoxy) is 1. The van der Waals surface area contributed by atoms with E-state index in [9.17, 15) is 0 Å². The summed E-state index contributed by atoms with van der Waals surface area (Å²) in [6.45, 7) is 6.99. The Morgan fingerprint density at radius 1 is 1.47 bits per heavy atom. The van der Waals surface area contributed by atoms with Gasteiger partial charge in [0.15, 0.2) is 0 Å². The van der Waals surface area contributed by atoms with Crippen LogP contribution in [0, 0.1) is 0 Å². The molecular formula is C14H19NOS. The molecule has 1 aliphatic rings. The van der Waals surface area contributed by atoms with E-state index in [0.29, 0.717) is 11.9 Å². The smallest absolute Gasteiger partial charge is 0.0645 e. The van der Waals surface area contributed by atoms with Crippen molar-refractivity contribution in [3.05, 3.63) is 42.5 Å². The molecule has 17 heavy (non-hydrogen) atoms. The second-order valence-corrected chi connectivity index (χ2v) is 5.46. The van der Waals surface area contributed by atoms with Crippen molar-refractivity contribution in [2.45, 2.75) is 16.6 Å². The Bertz CT molecular complexity index is 342. The predicted octanol–water partition coefficient (Wildman–Crippen LogP) is 2.50. The van der Waals surface area contributed by atoms with Crippen LogP contribution in [0.3, 0.4) is 0 Å². The first-order chi connectivity index (χ1) is 8.40. The van der Waals surface area contributed by atoms with Crippen LogP contribution >= 0.6 is 11.8 Å². The average molecular weight is 249 g/mol. The monoisotopic (exact) mass is 249 g/mol. The van der Waals surface area contributed by atoms with Gasteiger partial charge in [0, 0.05) is 23.2 Å². The molecule has 0 bridgehead atoms. The molecule has 0 radical (unpaired) electrons. The van der Waals surface area contributed by atoms with E-state index in [1.807, 2.05) is 11.8 Å². The standard InChI is InChI=1S/C14H19NOS/c1-2-8-16-9-7-15-11-13-10-12-5-3-4-6-14(12)17-13/h2-6,13,15H,1,7-11H2. The number of hydrogen-bond donors (Lipinski definition) is 1. The van der Waals surface area contributed by atoms with Gasteiger partial charge in [-0.3, -0.25) is 0 Å². The third kappa shape index (κ3) is 3.87. The minimum absolute atomic E-state index is 0.644. The van der Waals surface area contributed by atoms with Crippen LogP contribution in [0.2, 0.25) is 0 Å². The van der Waals surface area contributed by atoms with Crippen molar-refractivity contribution in [1.82, 2.24) is 5.32 Å². The maximum atomic E-state index is 5.32. The first-order valence-electron chi connectivity index (χ1n) is 6.04. The first kappa shape index (κ1) is 12.7. The molecule has 1 N–H and O–H groups in total. The Labute approximate surface area is 107 Å². The summed E-state index contributed by atoms with van der Waals surface area (Å²) in [7, 11) is 0. The van der Waals surface area contributed by atoms with E-state index in [1.165, 1.54) is 16.9 Å². The van der Waals surface area contributed by atoms with Crippen LogP contribution in [0.5, 0.6) is 0 Å². The van der Waals surface area contributed by atoms with Crippen LogP contribution in [-0.2, 0) is 11.2 Å². The van der Waals surface area contributed by atoms with Crippen molar-refractivity contribution in [3.8, 4) is 0 Å². The fourth-order valence-electron chi connectivity index (χ4n) is 1.94. The minimum atomic E-state index is 0.644. The molecule has 0 aliphatic carbocycles. The lowest BCUT2D eigenvalue weighted by Crippen LogP contribution is -2.27. The van der Waals surface area contributed by atoms with E-state index >= 15 is 0 Å². The third-order valence-electron chi connectivity index (χ3n) is 2.74. The highest BCUT2D eigenvalue weighted by molar-refractivity contribution is 8.00. The van der Waals surface area contributed by atoms with Crippen LogP contribution in [0.25, 0.3) is 0 Å². The molecule has 0 amide bonds. The molecule has 0 saturated heterocycles. The van der Waals surface area contributed by atoms with Gasteiger partial charge in [-0.05, 0) is 18.1 Å². The summed E-state index contributed by atoms with van der Waals surface area (Å²) in [4.78, 5) is 1.45. The summed E-state index contributed by atoms with van der Waals surface area (Å²) in [5.41, 5.74) is 1.49. The maximum Gasteiger partial charge on any atom is 0.0645 e. The van der Waals surface area contributed by atoms with Gasteiger partial charge in [0.05, 0.1) is 13.2 Å². The molecule has 0 spiro atoms. The van der Waals surface area contributed by atoms with Gasteiger partial charge in [-0.1, -0.05) is 24.3 Å². The minimum Gasteiger partial charge on any atom is -0.376 e. The van der Waals surface area contributed by atoms with E-state index in [-0.39, 0.29) is 0 Å². The van der Waals surface area contributed by atoms with Crippen LogP contribution < -0.4 is 5.32 Å². The average Bonchev–Trinajstić information content (AvgIpc) is 2.76. The Balaban J connectivity index is 1.62. The number of rotatable bonds is 7. The summed E-state index contributed by atoms with van der Waals surface area (Å²) in [6.07, 6.45) is 2.96. The molecule has 1 unspecified atom stereocenters. The molecule has 0 aromatic heterocycles. The van der Waals surface area contributed by atoms with E-state index in [1.54, 1.807) is 6.08 Å². The molecule has 3 heteroatoms. The largest absolute Gasteiger partial charge is 0.376 e. The van der Waals surface area contributed by atoms with Gasteiger partial charge in [-0.15, -0.1) is 18.3 Å². The molecule has 1 heterocycles. The molecule has 1 aromatic carbocycles. The van der Waals surface area contributed by atoms with Crippen LogP contribution in [0.4, 0.5) is 0 Å². The SMILES string of the molecule is C=CCOCCNCC1Cc2ccccc2S1. The van der Waals surface area contributed by atoms with Gasteiger partial charge in [-0.2, -0.15) is 0 Å². The molecule has 0 saturated carbocycles. The molecule has 1 aromatic rings. The molecule has 2 rings (SSSR count). The highest BCUT2D eigenvalue weighted by atomic mass is 32.2. The zero-order valence-electron chi connectivity index (χ0n) is 10.0. The van der Waals surface area contributed by atoms with Gasteiger partial charge >= 0.3 is 0 Å². The van der Waals surface area contributed by atoms with Crippen molar-refractivity contribution < 1.29 is 4.74 Å². The number of fused-ring (bicyclic) bond motifs is 1. The first-order valence-corrected chi connectivity index (χ1v) is 6.92. The van der Waals surface area contributed by atoms with Gasteiger partial charge in [0.25, 0.3) is 0 Å². The summed E-state index contributed by atoms with van der Waals surface area (Å²) in [5.74, 6) is 0. The number of nitrogens with one attached hydrogen (secondary N) is 1. The second kappa shape index (κ2) is 6.84. The highest BCUT2D eigenvalue weighted by Crippen LogP contribution is 2.36. The van der Waals surface area contributed by atoms with E-state index in [4.69, 9.17) is 4.74 Å². The third-order valence-corrected chi connectivity index (χ3v) is 4.06. The van der Waals surface area contributed by atoms with Gasteiger partial charge in [0.1, 0.15) is 0 Å². The topological polar surface area (TPSA) is 21.3 Å². The Morgan fingerprint density at radius 3 is 3.18 bits per heavy atom.